The third kappa shape index (κ3) is 5.59. The summed E-state index contributed by atoms with van der Waals surface area (Å²) in [4.78, 5) is 12.7. The molecule has 0 aliphatic heterocycles. The smallest absolute Gasteiger partial charge is 0.224 e. The first-order valence-corrected chi connectivity index (χ1v) is 9.48. The van der Waals surface area contributed by atoms with Crippen molar-refractivity contribution in [2.24, 2.45) is 17.8 Å². The molecular weight excluding hydrogens is 302 g/mol. The molecule has 4 heteroatoms. The van der Waals surface area contributed by atoms with Crippen LogP contribution in [0.1, 0.15) is 66.2 Å². The number of rotatable bonds is 8. The zero-order valence-corrected chi connectivity index (χ0v) is 15.8. The van der Waals surface area contributed by atoms with Gasteiger partial charge in [-0.15, -0.1) is 0 Å². The number of carbonyl (C=O) groups excluding carboxylic acids is 1. The molecule has 1 fully saturated rings. The molecule has 1 amide bonds. The van der Waals surface area contributed by atoms with Gasteiger partial charge in [-0.25, -0.2) is 0 Å². The maximum Gasteiger partial charge on any atom is 0.224 e. The fourth-order valence-corrected chi connectivity index (χ4v) is 3.84. The fourth-order valence-electron chi connectivity index (χ4n) is 3.84. The molecule has 0 unspecified atom stereocenters. The lowest BCUT2D eigenvalue weighted by Gasteiger charge is -2.30. The summed E-state index contributed by atoms with van der Waals surface area (Å²) < 4.78 is 5.87. The molecule has 24 heavy (non-hydrogen) atoms. The van der Waals surface area contributed by atoms with Gasteiger partial charge in [0, 0.05) is 24.7 Å². The van der Waals surface area contributed by atoms with E-state index in [9.17, 15) is 4.79 Å². The van der Waals surface area contributed by atoms with E-state index in [1.54, 1.807) is 0 Å². The number of fused-ring (bicyclic) bond motifs is 1. The van der Waals surface area contributed by atoms with Gasteiger partial charge < -0.3 is 15.2 Å². The van der Waals surface area contributed by atoms with Gasteiger partial charge >= 0.3 is 0 Å². The third-order valence-corrected chi connectivity index (χ3v) is 5.53. The van der Waals surface area contributed by atoms with Crippen LogP contribution < -0.4 is 5.32 Å². The summed E-state index contributed by atoms with van der Waals surface area (Å²) in [6, 6.07) is 0. The fraction of sp³-hybridized carbons (Fsp3) is 0.850. The Morgan fingerprint density at radius 3 is 2.25 bits per heavy atom. The molecule has 0 aromatic heterocycles. The predicted molar refractivity (Wildman–Crippen MR) is 96.7 cm³/mol. The summed E-state index contributed by atoms with van der Waals surface area (Å²) >= 11 is 0. The maximum absolute atomic E-state index is 12.7. The number of allylic oxidation sites excluding steroid dienone is 2. The topological polar surface area (TPSA) is 58.6 Å². The van der Waals surface area contributed by atoms with Gasteiger partial charge in [-0.2, -0.15) is 0 Å². The first-order chi connectivity index (χ1) is 11.3. The molecule has 2 rings (SSSR count). The number of carbonyl (C=O) groups is 1. The molecule has 3 atom stereocenters. The summed E-state index contributed by atoms with van der Waals surface area (Å²) in [6.07, 6.45) is 10.5. The van der Waals surface area contributed by atoms with E-state index in [0.717, 1.165) is 32.1 Å². The van der Waals surface area contributed by atoms with Crippen LogP contribution in [-0.2, 0) is 9.53 Å². The molecule has 138 valence electrons. The van der Waals surface area contributed by atoms with Crippen LogP contribution >= 0.6 is 0 Å². The van der Waals surface area contributed by atoms with Crippen molar-refractivity contribution in [3.63, 3.8) is 0 Å². The second kappa shape index (κ2) is 8.01. The number of nitrogens with one attached hydrogen (secondary N) is 1. The molecular formula is C20H35NO3. The normalized spacial score (nSPS) is 28.5. The SMILES string of the molecule is CC(C)(CCOC(C)(C)CCO)NC(=O)[C@@H]1[C@@H]2CC/C=C/CC[C@@H]21. The van der Waals surface area contributed by atoms with E-state index in [2.05, 4.69) is 31.3 Å². The predicted octanol–water partition coefficient (Wildman–Crippen LogP) is 3.44. The Bertz CT molecular complexity index is 440. The maximum atomic E-state index is 12.7. The van der Waals surface area contributed by atoms with Crippen LogP contribution in [0.2, 0.25) is 0 Å². The molecule has 0 radical (unpaired) electrons. The van der Waals surface area contributed by atoms with Crippen LogP contribution in [0.5, 0.6) is 0 Å². The molecule has 0 bridgehead atoms. The summed E-state index contributed by atoms with van der Waals surface area (Å²) in [5.41, 5.74) is -0.577. The number of hydrogen-bond acceptors (Lipinski definition) is 3. The minimum Gasteiger partial charge on any atom is -0.396 e. The van der Waals surface area contributed by atoms with Gasteiger partial charge in [-0.05, 0) is 78.1 Å². The highest BCUT2D eigenvalue weighted by Gasteiger charge is 2.53. The van der Waals surface area contributed by atoms with Crippen LogP contribution in [0.25, 0.3) is 0 Å². The Kier molecular flexibility index (Phi) is 6.49. The number of amides is 1. The molecule has 0 saturated heterocycles. The van der Waals surface area contributed by atoms with E-state index in [0.29, 0.717) is 24.9 Å². The number of aliphatic hydroxyl groups is 1. The first kappa shape index (κ1) is 19.5. The summed E-state index contributed by atoms with van der Waals surface area (Å²) in [6.45, 7) is 8.83. The van der Waals surface area contributed by atoms with Crippen LogP contribution in [0.3, 0.4) is 0 Å². The molecule has 1 saturated carbocycles. The lowest BCUT2D eigenvalue weighted by atomic mass is 10.00. The molecule has 0 aromatic carbocycles. The quantitative estimate of drug-likeness (QED) is 0.667. The van der Waals surface area contributed by atoms with E-state index in [1.807, 2.05) is 13.8 Å². The molecule has 2 aliphatic carbocycles. The van der Waals surface area contributed by atoms with E-state index in [4.69, 9.17) is 9.84 Å². The van der Waals surface area contributed by atoms with Gasteiger partial charge in [-0.3, -0.25) is 4.79 Å². The van der Waals surface area contributed by atoms with Crippen LogP contribution in [-0.4, -0.2) is 35.4 Å². The largest absolute Gasteiger partial charge is 0.396 e. The highest BCUT2D eigenvalue weighted by atomic mass is 16.5. The van der Waals surface area contributed by atoms with Gasteiger partial charge in [0.15, 0.2) is 0 Å². The molecule has 0 heterocycles. The van der Waals surface area contributed by atoms with Gasteiger partial charge in [-0.1, -0.05) is 12.2 Å². The lowest BCUT2D eigenvalue weighted by Crippen LogP contribution is -2.45. The van der Waals surface area contributed by atoms with Crippen molar-refractivity contribution in [3.05, 3.63) is 12.2 Å². The van der Waals surface area contributed by atoms with Crippen molar-refractivity contribution < 1.29 is 14.6 Å². The summed E-state index contributed by atoms with van der Waals surface area (Å²) in [5.74, 6) is 1.62. The second-order valence-electron chi connectivity index (χ2n) is 8.68. The van der Waals surface area contributed by atoms with Crippen LogP contribution in [0, 0.1) is 17.8 Å². The van der Waals surface area contributed by atoms with Crippen molar-refractivity contribution in [2.45, 2.75) is 77.4 Å². The Morgan fingerprint density at radius 1 is 1.12 bits per heavy atom. The standard InChI is InChI=1S/C20H35NO3/c1-19(2,12-14-24-20(3,4)11-13-22)21-18(23)17-15-9-7-5-6-8-10-16(15)17/h5-6,15-17,22H,7-14H2,1-4H3,(H,21,23)/b6-5+/t15-,16+,17-. The van der Waals surface area contributed by atoms with Crippen molar-refractivity contribution in [1.29, 1.82) is 0 Å². The third-order valence-electron chi connectivity index (χ3n) is 5.53. The molecule has 2 aliphatic rings. The van der Waals surface area contributed by atoms with E-state index < -0.39 is 0 Å². The van der Waals surface area contributed by atoms with Crippen molar-refractivity contribution in [3.8, 4) is 0 Å². The van der Waals surface area contributed by atoms with Gasteiger partial charge in [0.25, 0.3) is 0 Å². The number of ether oxygens (including phenoxy) is 1. The van der Waals surface area contributed by atoms with Crippen LogP contribution in [0.4, 0.5) is 0 Å². The highest BCUT2D eigenvalue weighted by molar-refractivity contribution is 5.82. The number of hydrogen-bond donors (Lipinski definition) is 2. The van der Waals surface area contributed by atoms with E-state index >= 15 is 0 Å². The van der Waals surface area contributed by atoms with Gasteiger partial charge in [0.2, 0.25) is 5.91 Å². The molecule has 0 aromatic rings. The summed E-state index contributed by atoms with van der Waals surface area (Å²) in [5, 5.41) is 12.3. The highest BCUT2D eigenvalue weighted by Crippen LogP contribution is 2.53. The number of aliphatic hydroxyl groups excluding tert-OH is 1. The Balaban J connectivity index is 1.76. The first-order valence-electron chi connectivity index (χ1n) is 9.48. The second-order valence-corrected chi connectivity index (χ2v) is 8.68. The molecule has 0 spiro atoms. The molecule has 4 nitrogen and oxygen atoms in total. The minimum atomic E-state index is -0.316. The van der Waals surface area contributed by atoms with Crippen LogP contribution in [0.15, 0.2) is 12.2 Å². The minimum absolute atomic E-state index is 0.131. The zero-order valence-electron chi connectivity index (χ0n) is 15.8. The Morgan fingerprint density at radius 2 is 1.71 bits per heavy atom. The van der Waals surface area contributed by atoms with E-state index in [1.165, 1.54) is 0 Å². The molecule has 2 N–H and O–H groups in total. The van der Waals surface area contributed by atoms with Gasteiger partial charge in [0.1, 0.15) is 0 Å². The average Bonchev–Trinajstić information content (AvgIpc) is 3.08. The lowest BCUT2D eigenvalue weighted by molar-refractivity contribution is -0.124. The van der Waals surface area contributed by atoms with Crippen molar-refractivity contribution in [2.75, 3.05) is 13.2 Å². The van der Waals surface area contributed by atoms with E-state index in [-0.39, 0.29) is 29.6 Å². The van der Waals surface area contributed by atoms with Crippen molar-refractivity contribution in [1.82, 2.24) is 5.32 Å². The monoisotopic (exact) mass is 337 g/mol. The Labute approximate surface area is 147 Å². The Hall–Kier alpha value is -0.870. The summed E-state index contributed by atoms with van der Waals surface area (Å²) in [7, 11) is 0. The zero-order chi connectivity index (χ0) is 17.8. The van der Waals surface area contributed by atoms with Gasteiger partial charge in [0.05, 0.1) is 5.60 Å². The van der Waals surface area contributed by atoms with Crippen molar-refractivity contribution >= 4 is 5.91 Å². The average molecular weight is 338 g/mol.